The molecule has 0 bridgehead atoms. The van der Waals surface area contributed by atoms with Gasteiger partial charge in [-0.25, -0.2) is 4.98 Å². The molecule has 0 aliphatic rings. The number of pyridine rings is 1. The normalized spacial score (nSPS) is 10.2. The number of nitrogens with one attached hydrogen (secondary N) is 11. The van der Waals surface area contributed by atoms with E-state index in [1.54, 1.807) is 152 Å². The van der Waals surface area contributed by atoms with Crippen LogP contribution in [0.2, 0.25) is 0 Å². The lowest BCUT2D eigenvalue weighted by atomic mass is 10.0. The second kappa shape index (κ2) is 50.8. The average molecular weight is 1960 g/mol. The van der Waals surface area contributed by atoms with Gasteiger partial charge in [0.15, 0.2) is 16.6 Å². The number of H-pyrrole nitrogens is 7. The maximum atomic E-state index is 12.3. The summed E-state index contributed by atoms with van der Waals surface area (Å²) in [4.78, 5) is 56.8. The van der Waals surface area contributed by atoms with E-state index in [1.165, 1.54) is 17.5 Å². The Bertz CT molecular complexity index is 6920. The third-order valence-electron chi connectivity index (χ3n) is 18.3. The first kappa shape index (κ1) is 99.3. The number of nitriles is 5. The standard InChI is InChI=1S/2C15H10N6O.C14H9N7O.C12H7N7OS.C12H13N5O.C12H16N4O2.C11H13BrN4O/c2*16-9-11-8-10(14-18-20-21-19-14)6-7-13(11)15(22)17-12-4-2-1-3-5-12;15-7-10-6-9(13-18-20-21-19-13)3-4-12(10)14(22)17-11-2-1-5-16-8-11;13-6-8-5-7(10-16-18-19-17-10)1-2-9(8)11(20)15-12-14-3-4-21-12;1-8(2)7-18-11-4-3-9(5-10(11)6-13)12-14-16-17-15-12;1-8(2)7-18-10-5-4-9(6-11(10)17-3)12-13-15-16-14-12;1-7(2)6-17-10-4-3-8(5-9(10)12)11-13-15-16-14-11/h2*1-8H,(H,17,22)(H,18,19,20,21);1-6,8H,(H,17,22)(H,18,19,20,21);1-5H,(H,14,15,20)(H,16,17,18,19);3-5,8H,7H2,1-2H3,(H,14,15,16,17);4-6,8H,7H2,1-3H3,(H,13,14,15,16);3-5,7H,6H2,1-2H3,(H,13,14,15,16). The molecule has 0 radical (unpaired) electrons. The van der Waals surface area contributed by atoms with Crippen LogP contribution in [0.5, 0.6) is 23.0 Å². The van der Waals surface area contributed by atoms with E-state index in [1.807, 2.05) is 97.1 Å². The van der Waals surface area contributed by atoms with E-state index >= 15 is 0 Å². The molecular weight excluding hydrogens is 1880 g/mol. The Kier molecular flexibility index (Phi) is 36.0. The smallest absolute Gasteiger partial charge is 0.258 e. The minimum Gasteiger partial charge on any atom is -0.493 e. The highest BCUT2D eigenvalue weighted by molar-refractivity contribution is 9.10. The maximum Gasteiger partial charge on any atom is 0.258 e. The molecule has 0 fully saturated rings. The summed E-state index contributed by atoms with van der Waals surface area (Å²) in [5.41, 5.74) is 9.29. The highest BCUT2D eigenvalue weighted by Gasteiger charge is 2.22. The molecule has 0 saturated carbocycles. The number of amides is 4. The van der Waals surface area contributed by atoms with E-state index < -0.39 is 0 Å². The van der Waals surface area contributed by atoms with Gasteiger partial charge in [0.05, 0.1) is 118 Å². The van der Waals surface area contributed by atoms with Crippen molar-refractivity contribution in [2.75, 3.05) is 48.2 Å². The molecule has 4 amide bonds. The van der Waals surface area contributed by atoms with E-state index in [0.29, 0.717) is 151 Å². The lowest BCUT2D eigenvalue weighted by molar-refractivity contribution is 0.101. The van der Waals surface area contributed by atoms with Crippen molar-refractivity contribution in [3.05, 3.63) is 279 Å². The Morgan fingerprint density at radius 1 is 0.343 bits per heavy atom. The predicted octanol–water partition coefficient (Wildman–Crippen LogP) is 13.2. The monoisotopic (exact) mass is 1960 g/mol. The summed E-state index contributed by atoms with van der Waals surface area (Å²) in [5, 5.41) is 154. The van der Waals surface area contributed by atoms with Gasteiger partial charge in [-0.2, -0.15) is 62.8 Å². The second-order valence-electron chi connectivity index (χ2n) is 29.7. The molecule has 0 unspecified atom stereocenters. The summed E-state index contributed by atoms with van der Waals surface area (Å²) in [6, 6.07) is 67.3. The topological polar surface area (TPSA) is 679 Å². The number of aromatic nitrogens is 30. The number of ether oxygens (including phenoxy) is 4. The summed E-state index contributed by atoms with van der Waals surface area (Å²) >= 11 is 4.77. The van der Waals surface area contributed by atoms with Crippen LogP contribution in [0.15, 0.2) is 229 Å². The average Bonchev–Trinajstić information content (AvgIpc) is 1.44. The Balaban J connectivity index is 0.000000147. The number of carbonyl (C=O) groups excluding carboxylic acids is 4. The van der Waals surface area contributed by atoms with Crippen LogP contribution >= 0.6 is 27.3 Å². The highest BCUT2D eigenvalue weighted by Crippen LogP contribution is 2.34. The van der Waals surface area contributed by atoms with Crippen molar-refractivity contribution < 1.29 is 38.1 Å². The van der Waals surface area contributed by atoms with E-state index in [2.05, 4.69) is 239 Å². The van der Waals surface area contributed by atoms with Crippen LogP contribution in [0.3, 0.4) is 0 Å². The fraction of sp³-hybridized carbons (Fsp3) is 0.143. The van der Waals surface area contributed by atoms with Crippen LogP contribution < -0.4 is 40.2 Å². The van der Waals surface area contributed by atoms with E-state index in [9.17, 15) is 40.2 Å². The minimum absolute atomic E-state index is 0.226. The zero-order valence-electron chi connectivity index (χ0n) is 74.8. The minimum atomic E-state index is -0.388. The zero-order valence-corrected chi connectivity index (χ0v) is 77.2. The number of hydrogen-bond donors (Lipinski definition) is 11. The van der Waals surface area contributed by atoms with Crippen molar-refractivity contribution in [3.8, 4) is 133 Å². The van der Waals surface area contributed by atoms with Crippen molar-refractivity contribution in [2.24, 2.45) is 17.8 Å². The summed E-state index contributed by atoms with van der Waals surface area (Å²) in [6.45, 7) is 14.5. The highest BCUT2D eigenvalue weighted by atomic mass is 79.9. The first-order valence-electron chi connectivity index (χ1n) is 41.6. The molecular formula is C91H78BrN39O8S. The number of benzene rings is 9. The van der Waals surface area contributed by atoms with Crippen molar-refractivity contribution in [2.45, 2.75) is 41.5 Å². The summed E-state index contributed by atoms with van der Waals surface area (Å²) in [5.74, 6) is 5.72. The molecule has 698 valence electrons. The fourth-order valence-electron chi connectivity index (χ4n) is 11.7. The van der Waals surface area contributed by atoms with E-state index in [0.717, 1.165) is 32.7 Å². The Hall–Kier alpha value is -19.7. The number of tetrazole rings is 7. The van der Waals surface area contributed by atoms with Crippen molar-refractivity contribution in [1.82, 2.24) is 154 Å². The van der Waals surface area contributed by atoms with Crippen molar-refractivity contribution in [1.29, 1.82) is 26.3 Å². The molecule has 0 saturated heterocycles. The Morgan fingerprint density at radius 3 is 0.950 bits per heavy atom. The maximum absolute atomic E-state index is 12.3. The lowest BCUT2D eigenvalue weighted by Crippen LogP contribution is -2.13. The molecule has 0 spiro atoms. The van der Waals surface area contributed by atoms with Gasteiger partial charge in [0.2, 0.25) is 40.8 Å². The number of para-hydroxylation sites is 2. The molecule has 0 aliphatic heterocycles. The molecule has 47 nitrogen and oxygen atoms in total. The third kappa shape index (κ3) is 28.6. The van der Waals surface area contributed by atoms with Gasteiger partial charge in [-0.1, -0.05) is 102 Å². The van der Waals surface area contributed by atoms with Gasteiger partial charge < -0.3 is 34.9 Å². The first-order chi connectivity index (χ1) is 68.2. The van der Waals surface area contributed by atoms with Crippen molar-refractivity contribution in [3.63, 3.8) is 0 Å². The largest absolute Gasteiger partial charge is 0.493 e. The molecule has 18 aromatic rings. The number of anilines is 4. The van der Waals surface area contributed by atoms with Gasteiger partial charge in [-0.05, 0) is 210 Å². The molecule has 18 rings (SSSR count). The quantitative estimate of drug-likeness (QED) is 0.0253. The lowest BCUT2D eigenvalue weighted by Gasteiger charge is -2.12. The summed E-state index contributed by atoms with van der Waals surface area (Å²) < 4.78 is 23.1. The van der Waals surface area contributed by atoms with Gasteiger partial charge >= 0.3 is 0 Å². The summed E-state index contributed by atoms with van der Waals surface area (Å²) in [7, 11) is 1.61. The number of halogens is 1. The molecule has 0 atom stereocenters. The molecule has 9 aromatic heterocycles. The number of rotatable bonds is 25. The van der Waals surface area contributed by atoms with E-state index in [-0.39, 0.29) is 57.0 Å². The summed E-state index contributed by atoms with van der Waals surface area (Å²) in [6.07, 6.45) is 4.72. The Labute approximate surface area is 806 Å². The molecule has 9 aromatic carbocycles. The number of methoxy groups -OCH3 is 1. The number of thiazole rings is 1. The second-order valence-corrected chi connectivity index (χ2v) is 31.5. The SMILES string of the molecule is CC(C)COc1ccc(-c2nn[nH]n2)cc1Br.CC(C)COc1ccc(-c2nn[nH]n2)cc1C#N.COc1cc(-c2nn[nH]n2)ccc1OCC(C)C.N#Cc1cc(-c2nn[nH]n2)ccc1C(=O)Nc1ccccc1.N#Cc1cc(-c2nn[nH]n2)ccc1C(=O)Nc1ccccc1.N#Cc1cc(-c2nn[nH]n2)ccc1C(=O)Nc1cccnc1.N#Cc1cc(-c2nn[nH]n2)ccc1C(=O)Nc1nccs1. The molecule has 9 heterocycles. The molecule has 0 aliphatic carbocycles. The van der Waals surface area contributed by atoms with Gasteiger partial charge in [-0.3, -0.25) is 29.5 Å². The third-order valence-corrected chi connectivity index (χ3v) is 19.6. The number of aromatic amines is 7. The van der Waals surface area contributed by atoms with Crippen LogP contribution in [-0.2, 0) is 0 Å². The van der Waals surface area contributed by atoms with Gasteiger partial charge in [0, 0.05) is 68.1 Å². The first-order valence-corrected chi connectivity index (χ1v) is 43.2. The zero-order chi connectivity index (χ0) is 98.9. The van der Waals surface area contributed by atoms with E-state index in [4.69, 9.17) is 24.2 Å². The molecule has 140 heavy (non-hydrogen) atoms. The van der Waals surface area contributed by atoms with Gasteiger partial charge in [-0.15, -0.1) is 82.7 Å². The van der Waals surface area contributed by atoms with Crippen LogP contribution in [-0.4, -0.2) is 205 Å². The Morgan fingerprint density at radius 2 is 0.643 bits per heavy atom. The fourth-order valence-corrected chi connectivity index (χ4v) is 12.8. The predicted molar refractivity (Wildman–Crippen MR) is 507 cm³/mol. The van der Waals surface area contributed by atoms with Crippen LogP contribution in [0.4, 0.5) is 22.2 Å². The number of carbonyl (C=O) groups is 4. The van der Waals surface area contributed by atoms with Gasteiger partial charge in [0.25, 0.3) is 23.6 Å². The number of hydrogen-bond acceptors (Lipinski definition) is 37. The molecule has 11 N–H and O–H groups in total. The van der Waals surface area contributed by atoms with Crippen LogP contribution in [0, 0.1) is 74.4 Å². The van der Waals surface area contributed by atoms with Crippen LogP contribution in [0.25, 0.3) is 79.7 Å². The van der Waals surface area contributed by atoms with Gasteiger partial charge in [0.1, 0.15) is 17.6 Å². The van der Waals surface area contributed by atoms with Crippen LogP contribution in [0.1, 0.15) is 111 Å². The number of nitrogens with zero attached hydrogens (tertiary/aromatic N) is 28. The van der Waals surface area contributed by atoms with Crippen molar-refractivity contribution >= 4 is 73.1 Å². The molecule has 49 heteroatoms.